The molecule has 0 saturated carbocycles. The fourth-order valence-electron chi connectivity index (χ4n) is 2.79. The van der Waals surface area contributed by atoms with Gasteiger partial charge >= 0.3 is 0 Å². The number of anilines is 1. The fraction of sp³-hybridized carbons (Fsp3) is 0.400. The van der Waals surface area contributed by atoms with E-state index in [9.17, 15) is 13.2 Å². The number of carbonyl (C=O) groups excluding carboxylic acids is 1. The maximum Gasteiger partial charge on any atom is 0.258 e. The summed E-state index contributed by atoms with van der Waals surface area (Å²) >= 11 is 0. The zero-order chi connectivity index (χ0) is 17.2. The molecule has 0 radical (unpaired) electrons. The van der Waals surface area contributed by atoms with Crippen molar-refractivity contribution in [2.45, 2.75) is 37.1 Å². The van der Waals surface area contributed by atoms with Gasteiger partial charge in [0.1, 0.15) is 6.33 Å². The highest BCUT2D eigenvalue weighted by Gasteiger charge is 2.30. The average Bonchev–Trinajstić information content (AvgIpc) is 3.08. The van der Waals surface area contributed by atoms with E-state index in [0.717, 1.165) is 19.3 Å². The molecule has 8 nitrogen and oxygen atoms in total. The van der Waals surface area contributed by atoms with Gasteiger partial charge in [-0.05, 0) is 44.0 Å². The first-order chi connectivity index (χ1) is 11.5. The molecule has 0 bridgehead atoms. The van der Waals surface area contributed by atoms with Crippen LogP contribution in [-0.4, -0.2) is 46.4 Å². The topological polar surface area (TPSA) is 108 Å². The van der Waals surface area contributed by atoms with Gasteiger partial charge in [-0.1, -0.05) is 6.42 Å². The highest BCUT2D eigenvalue weighted by molar-refractivity contribution is 7.89. The molecule has 24 heavy (non-hydrogen) atoms. The number of carbonyl (C=O) groups is 1. The molecule has 1 aliphatic rings. The van der Waals surface area contributed by atoms with Gasteiger partial charge in [0.05, 0.1) is 4.90 Å². The SMILES string of the molecule is CC1CCCCN1S(=O)(=O)c1ccc(C(=O)Nc2ncn[nH]2)cc1. The standard InChI is InChI=1S/C15H19N5O3S/c1-11-4-2-3-9-20(11)24(22,23)13-7-5-12(6-8-13)14(21)18-15-16-10-17-19-15/h5-8,10-11H,2-4,9H2,1H3,(H2,16,17,18,19,21). The highest BCUT2D eigenvalue weighted by Crippen LogP contribution is 2.25. The normalized spacial score (nSPS) is 19.1. The van der Waals surface area contributed by atoms with Crippen LogP contribution < -0.4 is 5.32 Å². The van der Waals surface area contributed by atoms with Crippen LogP contribution in [0.4, 0.5) is 5.95 Å². The Hall–Kier alpha value is -2.26. The van der Waals surface area contributed by atoms with Gasteiger partial charge in [-0.25, -0.2) is 13.5 Å². The van der Waals surface area contributed by atoms with Crippen LogP contribution in [0.5, 0.6) is 0 Å². The molecule has 1 unspecified atom stereocenters. The Morgan fingerprint density at radius 1 is 1.29 bits per heavy atom. The summed E-state index contributed by atoms with van der Waals surface area (Å²) in [5.74, 6) is -0.152. The molecule has 2 N–H and O–H groups in total. The molecule has 1 aromatic carbocycles. The third-order valence-electron chi connectivity index (χ3n) is 4.11. The number of benzene rings is 1. The Labute approximate surface area is 140 Å². The summed E-state index contributed by atoms with van der Waals surface area (Å²) < 4.78 is 27.0. The first-order valence-electron chi connectivity index (χ1n) is 7.77. The molecule has 0 aliphatic carbocycles. The molecule has 1 aliphatic heterocycles. The molecule has 1 atom stereocenters. The number of sulfonamides is 1. The number of piperidine rings is 1. The van der Waals surface area contributed by atoms with Gasteiger partial charge in [0.15, 0.2) is 0 Å². The van der Waals surface area contributed by atoms with Gasteiger partial charge in [-0.3, -0.25) is 10.1 Å². The number of hydrogen-bond acceptors (Lipinski definition) is 5. The molecule has 0 spiro atoms. The van der Waals surface area contributed by atoms with E-state index in [1.807, 2.05) is 6.92 Å². The maximum absolute atomic E-state index is 12.7. The Bertz CT molecular complexity index is 802. The monoisotopic (exact) mass is 349 g/mol. The molecule has 2 heterocycles. The molecule has 1 saturated heterocycles. The molecule has 1 fully saturated rings. The summed E-state index contributed by atoms with van der Waals surface area (Å²) in [6.07, 6.45) is 4.08. The third kappa shape index (κ3) is 3.31. The van der Waals surface area contributed by atoms with Gasteiger partial charge in [0.25, 0.3) is 5.91 Å². The van der Waals surface area contributed by atoms with Crippen LogP contribution in [0.25, 0.3) is 0 Å². The Morgan fingerprint density at radius 2 is 2.04 bits per heavy atom. The lowest BCUT2D eigenvalue weighted by Crippen LogP contribution is -2.41. The second-order valence-corrected chi connectivity index (χ2v) is 7.66. The van der Waals surface area contributed by atoms with Crippen molar-refractivity contribution >= 4 is 21.9 Å². The van der Waals surface area contributed by atoms with Gasteiger partial charge in [0.2, 0.25) is 16.0 Å². The molecule has 9 heteroatoms. The third-order valence-corrected chi connectivity index (χ3v) is 6.14. The number of rotatable bonds is 4. The van der Waals surface area contributed by atoms with E-state index in [0.29, 0.717) is 12.1 Å². The van der Waals surface area contributed by atoms with E-state index in [4.69, 9.17) is 0 Å². The molecule has 3 rings (SSSR count). The number of hydrogen-bond donors (Lipinski definition) is 2. The van der Waals surface area contributed by atoms with Crippen molar-refractivity contribution in [3.8, 4) is 0 Å². The highest BCUT2D eigenvalue weighted by atomic mass is 32.2. The van der Waals surface area contributed by atoms with Crippen molar-refractivity contribution in [2.75, 3.05) is 11.9 Å². The van der Waals surface area contributed by atoms with Gasteiger partial charge < -0.3 is 0 Å². The summed E-state index contributed by atoms with van der Waals surface area (Å²) in [5.41, 5.74) is 0.344. The minimum absolute atomic E-state index is 0.00169. The molecular weight excluding hydrogens is 330 g/mol. The quantitative estimate of drug-likeness (QED) is 0.872. The largest absolute Gasteiger partial charge is 0.291 e. The van der Waals surface area contributed by atoms with Crippen molar-refractivity contribution in [1.82, 2.24) is 19.5 Å². The van der Waals surface area contributed by atoms with Crippen molar-refractivity contribution in [1.29, 1.82) is 0 Å². The smallest absolute Gasteiger partial charge is 0.258 e. The number of aromatic nitrogens is 3. The summed E-state index contributed by atoms with van der Waals surface area (Å²) in [6, 6.07) is 5.91. The van der Waals surface area contributed by atoms with E-state index < -0.39 is 10.0 Å². The second kappa shape index (κ2) is 6.70. The molecule has 1 aromatic heterocycles. The lowest BCUT2D eigenvalue weighted by Gasteiger charge is -2.32. The fourth-order valence-corrected chi connectivity index (χ4v) is 4.49. The number of H-pyrrole nitrogens is 1. The van der Waals surface area contributed by atoms with Crippen molar-refractivity contribution in [3.05, 3.63) is 36.2 Å². The number of nitrogens with zero attached hydrogens (tertiary/aromatic N) is 3. The van der Waals surface area contributed by atoms with Gasteiger partial charge in [0, 0.05) is 18.2 Å². The van der Waals surface area contributed by atoms with E-state index >= 15 is 0 Å². The lowest BCUT2D eigenvalue weighted by atomic mass is 10.1. The van der Waals surface area contributed by atoms with Gasteiger partial charge in [-0.2, -0.15) is 14.4 Å². The summed E-state index contributed by atoms with van der Waals surface area (Å²) in [6.45, 7) is 2.47. The zero-order valence-corrected chi connectivity index (χ0v) is 14.1. The Balaban J connectivity index is 1.77. The van der Waals surface area contributed by atoms with Crippen molar-refractivity contribution in [2.24, 2.45) is 0 Å². The first-order valence-corrected chi connectivity index (χ1v) is 9.21. The predicted molar refractivity (Wildman–Crippen MR) is 88.0 cm³/mol. The van der Waals surface area contributed by atoms with E-state index in [2.05, 4.69) is 20.5 Å². The van der Waals surface area contributed by atoms with Crippen LogP contribution in [-0.2, 0) is 10.0 Å². The van der Waals surface area contributed by atoms with Crippen LogP contribution in [0.1, 0.15) is 36.5 Å². The molecule has 1 amide bonds. The number of amides is 1. The van der Waals surface area contributed by atoms with Crippen molar-refractivity contribution < 1.29 is 13.2 Å². The predicted octanol–water partition coefficient (Wildman–Crippen LogP) is 1.62. The lowest BCUT2D eigenvalue weighted by molar-refractivity contribution is 0.102. The molecule has 128 valence electrons. The molecule has 2 aromatic rings. The molecular formula is C15H19N5O3S. The summed E-state index contributed by atoms with van der Waals surface area (Å²) in [4.78, 5) is 16.1. The second-order valence-electron chi connectivity index (χ2n) is 5.77. The van der Waals surface area contributed by atoms with Crippen LogP contribution in [0.2, 0.25) is 0 Å². The zero-order valence-electron chi connectivity index (χ0n) is 13.3. The minimum Gasteiger partial charge on any atom is -0.291 e. The van der Waals surface area contributed by atoms with Crippen LogP contribution in [0.15, 0.2) is 35.5 Å². The Kier molecular flexibility index (Phi) is 4.63. The summed E-state index contributed by atoms with van der Waals surface area (Å²) in [7, 11) is -3.53. The number of nitrogens with one attached hydrogen (secondary N) is 2. The average molecular weight is 349 g/mol. The minimum atomic E-state index is -3.53. The maximum atomic E-state index is 12.7. The van der Waals surface area contributed by atoms with E-state index in [1.165, 1.54) is 30.6 Å². The van der Waals surface area contributed by atoms with Gasteiger partial charge in [-0.15, -0.1) is 0 Å². The van der Waals surface area contributed by atoms with Crippen LogP contribution in [0.3, 0.4) is 0 Å². The first kappa shape index (κ1) is 16.6. The van der Waals surface area contributed by atoms with Crippen LogP contribution >= 0.6 is 0 Å². The number of aromatic amines is 1. The van der Waals surface area contributed by atoms with Crippen LogP contribution in [0, 0.1) is 0 Å². The van der Waals surface area contributed by atoms with Crippen molar-refractivity contribution in [3.63, 3.8) is 0 Å². The Morgan fingerprint density at radius 3 is 2.67 bits per heavy atom. The van der Waals surface area contributed by atoms with E-state index in [1.54, 1.807) is 4.31 Å². The summed E-state index contributed by atoms with van der Waals surface area (Å²) in [5, 5.41) is 8.70. The van der Waals surface area contributed by atoms with E-state index in [-0.39, 0.29) is 22.8 Å².